The zero-order valence-corrected chi connectivity index (χ0v) is 12.1. The molecule has 1 N–H and O–H groups in total. The first kappa shape index (κ1) is 14.3. The SMILES string of the molecule is COc1ccccc1NC(=O)CSc1cc(C)ncn1. The average molecular weight is 289 g/mol. The molecule has 0 fully saturated rings. The average Bonchev–Trinajstić information content (AvgIpc) is 2.46. The fourth-order valence-electron chi connectivity index (χ4n) is 1.58. The summed E-state index contributed by atoms with van der Waals surface area (Å²) in [7, 11) is 1.57. The summed E-state index contributed by atoms with van der Waals surface area (Å²) in [6, 6.07) is 9.15. The molecule has 0 saturated carbocycles. The number of hydrogen-bond acceptors (Lipinski definition) is 5. The normalized spacial score (nSPS) is 10.1. The molecule has 1 heterocycles. The topological polar surface area (TPSA) is 64.1 Å². The number of carbonyl (C=O) groups excluding carboxylic acids is 1. The third kappa shape index (κ3) is 3.96. The van der Waals surface area contributed by atoms with Crippen molar-refractivity contribution in [3.63, 3.8) is 0 Å². The van der Waals surface area contributed by atoms with E-state index < -0.39 is 0 Å². The van der Waals surface area contributed by atoms with Crippen LogP contribution < -0.4 is 10.1 Å². The molecule has 0 aliphatic rings. The number of nitrogens with one attached hydrogen (secondary N) is 1. The summed E-state index contributed by atoms with van der Waals surface area (Å²) in [5.41, 5.74) is 1.55. The first-order chi connectivity index (χ1) is 9.69. The summed E-state index contributed by atoms with van der Waals surface area (Å²) in [6.45, 7) is 1.89. The second kappa shape index (κ2) is 6.91. The van der Waals surface area contributed by atoms with Crippen LogP contribution >= 0.6 is 11.8 Å². The minimum absolute atomic E-state index is 0.101. The van der Waals surface area contributed by atoms with Gasteiger partial charge in [0.05, 0.1) is 18.6 Å². The fraction of sp³-hybridized carbons (Fsp3) is 0.214. The van der Waals surface area contributed by atoms with E-state index in [9.17, 15) is 4.79 Å². The predicted octanol–water partition coefficient (Wildman–Crippen LogP) is 2.52. The van der Waals surface area contributed by atoms with Gasteiger partial charge in [-0.25, -0.2) is 9.97 Å². The highest BCUT2D eigenvalue weighted by atomic mass is 32.2. The smallest absolute Gasteiger partial charge is 0.234 e. The van der Waals surface area contributed by atoms with Crippen LogP contribution in [0.2, 0.25) is 0 Å². The lowest BCUT2D eigenvalue weighted by Crippen LogP contribution is -2.14. The summed E-state index contributed by atoms with van der Waals surface area (Å²) < 4.78 is 5.18. The largest absolute Gasteiger partial charge is 0.495 e. The quantitative estimate of drug-likeness (QED) is 0.677. The molecule has 0 unspecified atom stereocenters. The summed E-state index contributed by atoms with van der Waals surface area (Å²) in [6.07, 6.45) is 1.50. The number of benzene rings is 1. The summed E-state index contributed by atoms with van der Waals surface area (Å²) in [4.78, 5) is 20.0. The molecule has 0 spiro atoms. The van der Waals surface area contributed by atoms with Gasteiger partial charge in [0.2, 0.25) is 5.91 Å². The van der Waals surface area contributed by atoms with Crippen molar-refractivity contribution in [1.29, 1.82) is 0 Å². The molecule has 1 aromatic carbocycles. The van der Waals surface area contributed by atoms with Gasteiger partial charge >= 0.3 is 0 Å². The van der Waals surface area contributed by atoms with Crippen LogP contribution in [-0.4, -0.2) is 28.7 Å². The molecule has 2 aromatic rings. The standard InChI is InChI=1S/C14H15N3O2S/c1-10-7-14(16-9-15-10)20-8-13(18)17-11-5-3-4-6-12(11)19-2/h3-7,9H,8H2,1-2H3,(H,17,18). The first-order valence-electron chi connectivity index (χ1n) is 6.03. The van der Waals surface area contributed by atoms with Crippen LogP contribution in [0.3, 0.4) is 0 Å². The lowest BCUT2D eigenvalue weighted by Gasteiger charge is -2.09. The Morgan fingerprint density at radius 2 is 2.15 bits per heavy atom. The third-order valence-electron chi connectivity index (χ3n) is 2.51. The Morgan fingerprint density at radius 3 is 2.90 bits per heavy atom. The first-order valence-corrected chi connectivity index (χ1v) is 7.02. The summed E-state index contributed by atoms with van der Waals surface area (Å²) in [5, 5.41) is 3.60. The lowest BCUT2D eigenvalue weighted by atomic mass is 10.3. The number of rotatable bonds is 5. The molecular weight excluding hydrogens is 274 g/mol. The molecule has 1 amide bonds. The van der Waals surface area contributed by atoms with Crippen LogP contribution in [0.25, 0.3) is 0 Å². The molecule has 1 aromatic heterocycles. The van der Waals surface area contributed by atoms with Gasteiger partial charge in [-0.1, -0.05) is 23.9 Å². The maximum Gasteiger partial charge on any atom is 0.234 e. The van der Waals surface area contributed by atoms with Crippen molar-refractivity contribution in [2.45, 2.75) is 11.9 Å². The maximum atomic E-state index is 11.9. The van der Waals surface area contributed by atoms with E-state index >= 15 is 0 Å². The molecule has 0 aliphatic heterocycles. The zero-order chi connectivity index (χ0) is 14.4. The van der Waals surface area contributed by atoms with Crippen molar-refractivity contribution in [2.24, 2.45) is 0 Å². The highest BCUT2D eigenvalue weighted by molar-refractivity contribution is 7.99. The summed E-state index contributed by atoms with van der Waals surface area (Å²) in [5.74, 6) is 0.827. The Hall–Kier alpha value is -2.08. The number of nitrogens with zero attached hydrogens (tertiary/aromatic N) is 2. The second-order valence-electron chi connectivity index (χ2n) is 4.03. The van der Waals surface area contributed by atoms with E-state index in [4.69, 9.17) is 4.74 Å². The second-order valence-corrected chi connectivity index (χ2v) is 5.03. The van der Waals surface area contributed by atoms with E-state index in [-0.39, 0.29) is 11.7 Å². The number of para-hydroxylation sites is 2. The molecule has 0 saturated heterocycles. The Balaban J connectivity index is 1.93. The van der Waals surface area contributed by atoms with Gasteiger partial charge in [0.25, 0.3) is 0 Å². The Kier molecular flexibility index (Phi) is 4.95. The van der Waals surface area contributed by atoms with Crippen LogP contribution in [0, 0.1) is 6.92 Å². The summed E-state index contributed by atoms with van der Waals surface area (Å²) >= 11 is 1.37. The molecule has 0 bridgehead atoms. The van der Waals surface area contributed by atoms with Gasteiger partial charge in [-0.15, -0.1) is 0 Å². The van der Waals surface area contributed by atoms with Crippen LogP contribution in [-0.2, 0) is 4.79 Å². The van der Waals surface area contributed by atoms with Crippen LogP contribution in [0.15, 0.2) is 41.7 Å². The van der Waals surface area contributed by atoms with Gasteiger partial charge in [0.15, 0.2) is 0 Å². The highest BCUT2D eigenvalue weighted by Crippen LogP contribution is 2.23. The fourth-order valence-corrected chi connectivity index (χ4v) is 2.31. The number of ether oxygens (including phenoxy) is 1. The Labute approximate surface area is 121 Å². The molecular formula is C14H15N3O2S. The van der Waals surface area contributed by atoms with Crippen molar-refractivity contribution in [1.82, 2.24) is 9.97 Å². The number of anilines is 1. The van der Waals surface area contributed by atoms with Gasteiger partial charge < -0.3 is 10.1 Å². The van der Waals surface area contributed by atoms with Crippen LogP contribution in [0.1, 0.15) is 5.69 Å². The van der Waals surface area contributed by atoms with Gasteiger partial charge in [-0.05, 0) is 25.1 Å². The minimum Gasteiger partial charge on any atom is -0.495 e. The number of aromatic nitrogens is 2. The van der Waals surface area contributed by atoms with Crippen LogP contribution in [0.5, 0.6) is 5.75 Å². The molecule has 0 atom stereocenters. The third-order valence-corrected chi connectivity index (χ3v) is 3.44. The molecule has 2 rings (SSSR count). The van der Waals surface area contributed by atoms with Gasteiger partial charge in [-0.3, -0.25) is 4.79 Å². The number of thioether (sulfide) groups is 1. The predicted molar refractivity (Wildman–Crippen MR) is 79.1 cm³/mol. The minimum atomic E-state index is -0.101. The maximum absolute atomic E-state index is 11.9. The Bertz CT molecular complexity index is 604. The monoisotopic (exact) mass is 289 g/mol. The highest BCUT2D eigenvalue weighted by Gasteiger charge is 2.08. The van der Waals surface area contributed by atoms with Crippen molar-refractivity contribution < 1.29 is 9.53 Å². The number of carbonyl (C=O) groups is 1. The number of methoxy groups -OCH3 is 1. The van der Waals surface area contributed by atoms with Crippen molar-refractivity contribution >= 4 is 23.4 Å². The number of amides is 1. The van der Waals surface area contributed by atoms with Gasteiger partial charge in [-0.2, -0.15) is 0 Å². The van der Waals surface area contributed by atoms with Crippen molar-refractivity contribution in [3.05, 3.63) is 42.4 Å². The Morgan fingerprint density at radius 1 is 1.35 bits per heavy atom. The van der Waals surface area contributed by atoms with E-state index in [0.717, 1.165) is 10.7 Å². The van der Waals surface area contributed by atoms with Gasteiger partial charge in [0.1, 0.15) is 17.1 Å². The van der Waals surface area contributed by atoms with Crippen molar-refractivity contribution in [3.8, 4) is 5.75 Å². The molecule has 0 radical (unpaired) electrons. The van der Waals surface area contributed by atoms with E-state index in [2.05, 4.69) is 15.3 Å². The van der Waals surface area contributed by atoms with E-state index in [0.29, 0.717) is 11.4 Å². The molecule has 0 aliphatic carbocycles. The van der Waals surface area contributed by atoms with E-state index in [1.54, 1.807) is 19.2 Å². The van der Waals surface area contributed by atoms with E-state index in [1.807, 2.05) is 25.1 Å². The molecule has 104 valence electrons. The zero-order valence-electron chi connectivity index (χ0n) is 11.3. The molecule has 20 heavy (non-hydrogen) atoms. The number of aryl methyl sites for hydroxylation is 1. The molecule has 5 nitrogen and oxygen atoms in total. The van der Waals surface area contributed by atoms with Crippen LogP contribution in [0.4, 0.5) is 5.69 Å². The van der Waals surface area contributed by atoms with E-state index in [1.165, 1.54) is 18.1 Å². The van der Waals surface area contributed by atoms with Crippen molar-refractivity contribution in [2.75, 3.05) is 18.2 Å². The van der Waals surface area contributed by atoms with Gasteiger partial charge in [0, 0.05) is 5.69 Å². The number of hydrogen-bond donors (Lipinski definition) is 1. The molecule has 6 heteroatoms. The lowest BCUT2D eigenvalue weighted by molar-refractivity contribution is -0.113.